The number of ether oxygens (including phenoxy) is 2. The fourth-order valence-electron chi connectivity index (χ4n) is 3.34. The highest BCUT2D eigenvalue weighted by atomic mass is 32.1. The predicted molar refractivity (Wildman–Crippen MR) is 102 cm³/mol. The molecule has 0 N–H and O–H groups in total. The molecule has 4 rings (SSSR count). The van der Waals surface area contributed by atoms with Crippen LogP contribution >= 0.6 is 11.3 Å². The summed E-state index contributed by atoms with van der Waals surface area (Å²) in [6.07, 6.45) is 0. The minimum absolute atomic E-state index is 0.235. The lowest BCUT2D eigenvalue weighted by molar-refractivity contribution is -0.138. The fraction of sp³-hybridized carbons (Fsp3) is 0.300. The Kier molecular flexibility index (Phi) is 4.96. The lowest BCUT2D eigenvalue weighted by Crippen LogP contribution is -2.40. The van der Waals surface area contributed by atoms with Crippen LogP contribution in [0.3, 0.4) is 0 Å². The molecule has 2 aliphatic rings. The van der Waals surface area contributed by atoms with Crippen molar-refractivity contribution in [3.8, 4) is 5.75 Å². The molecule has 2 aromatic rings. The topological polar surface area (TPSA) is 59.1 Å². The molecule has 2 amide bonds. The van der Waals surface area contributed by atoms with E-state index < -0.39 is 0 Å². The summed E-state index contributed by atoms with van der Waals surface area (Å²) in [6.45, 7) is 2.58. The van der Waals surface area contributed by atoms with Crippen molar-refractivity contribution < 1.29 is 19.1 Å². The minimum Gasteiger partial charge on any atom is -0.497 e. The molecule has 0 unspecified atom stereocenters. The Morgan fingerprint density at radius 2 is 1.81 bits per heavy atom. The highest BCUT2D eigenvalue weighted by molar-refractivity contribution is 7.11. The number of nitrogens with zero attached hydrogens (tertiary/aromatic N) is 2. The monoisotopic (exact) mass is 384 g/mol. The maximum atomic E-state index is 13.2. The molecule has 0 radical (unpaired) electrons. The van der Waals surface area contributed by atoms with Crippen molar-refractivity contribution in [1.82, 2.24) is 9.80 Å². The third-order valence-electron chi connectivity index (χ3n) is 4.74. The van der Waals surface area contributed by atoms with Gasteiger partial charge in [0, 0.05) is 18.0 Å². The van der Waals surface area contributed by atoms with Gasteiger partial charge in [0.2, 0.25) is 0 Å². The quantitative estimate of drug-likeness (QED) is 0.741. The molecule has 0 aliphatic carbocycles. The molecule has 1 aromatic heterocycles. The van der Waals surface area contributed by atoms with Crippen molar-refractivity contribution in [2.75, 3.05) is 33.4 Å². The van der Waals surface area contributed by atoms with Crippen molar-refractivity contribution in [3.63, 3.8) is 0 Å². The molecule has 0 saturated carbocycles. The number of thiophene rings is 1. The summed E-state index contributed by atoms with van der Waals surface area (Å²) < 4.78 is 10.6. The van der Waals surface area contributed by atoms with Gasteiger partial charge in [0.05, 0.1) is 32.4 Å². The van der Waals surface area contributed by atoms with E-state index in [0.717, 1.165) is 16.2 Å². The Hall–Kier alpha value is -2.64. The molecular formula is C20H20N2O4S. The lowest BCUT2D eigenvalue weighted by atomic mass is 10.1. The normalized spacial score (nSPS) is 17.8. The van der Waals surface area contributed by atoms with Gasteiger partial charge in [0.25, 0.3) is 11.8 Å². The minimum atomic E-state index is -0.236. The van der Waals surface area contributed by atoms with Crippen molar-refractivity contribution in [2.45, 2.75) is 6.54 Å². The van der Waals surface area contributed by atoms with Crippen LogP contribution in [0.25, 0.3) is 5.57 Å². The van der Waals surface area contributed by atoms with Gasteiger partial charge >= 0.3 is 0 Å². The molecular weight excluding hydrogens is 364 g/mol. The molecule has 140 valence electrons. The zero-order chi connectivity index (χ0) is 18.8. The van der Waals surface area contributed by atoms with Crippen LogP contribution < -0.4 is 4.74 Å². The third-order valence-corrected chi connectivity index (χ3v) is 5.63. The molecule has 6 nitrogen and oxygen atoms in total. The summed E-state index contributed by atoms with van der Waals surface area (Å²) in [7, 11) is 1.61. The zero-order valence-corrected chi connectivity index (χ0v) is 15.8. The maximum absolute atomic E-state index is 13.2. The number of imide groups is 1. The molecule has 0 spiro atoms. The molecule has 2 aliphatic heterocycles. The Morgan fingerprint density at radius 1 is 1.07 bits per heavy atom. The van der Waals surface area contributed by atoms with E-state index in [4.69, 9.17) is 9.47 Å². The molecule has 1 aromatic carbocycles. The van der Waals surface area contributed by atoms with E-state index in [9.17, 15) is 9.59 Å². The van der Waals surface area contributed by atoms with E-state index in [0.29, 0.717) is 37.6 Å². The van der Waals surface area contributed by atoms with E-state index in [1.807, 2.05) is 46.7 Å². The molecule has 1 fully saturated rings. The van der Waals surface area contributed by atoms with Crippen molar-refractivity contribution >= 4 is 28.7 Å². The number of carbonyl (C=O) groups is 2. The van der Waals surface area contributed by atoms with Crippen LogP contribution in [0.2, 0.25) is 0 Å². The van der Waals surface area contributed by atoms with Crippen LogP contribution in [-0.2, 0) is 20.9 Å². The Bertz CT molecular complexity index is 868. The summed E-state index contributed by atoms with van der Waals surface area (Å²) in [4.78, 5) is 30.5. The zero-order valence-electron chi connectivity index (χ0n) is 15.0. The third kappa shape index (κ3) is 3.36. The number of carbonyl (C=O) groups excluding carboxylic acids is 2. The van der Waals surface area contributed by atoms with Gasteiger partial charge in [0.15, 0.2) is 0 Å². The van der Waals surface area contributed by atoms with E-state index in [1.54, 1.807) is 7.11 Å². The number of morpholine rings is 1. The van der Waals surface area contributed by atoms with Crippen LogP contribution in [0.4, 0.5) is 0 Å². The molecule has 3 heterocycles. The SMILES string of the molecule is COc1ccc(CN2C(=O)C(c3cccs3)=C(N3CCOCC3)C2=O)cc1. The van der Waals surface area contributed by atoms with Gasteiger partial charge in [-0.15, -0.1) is 11.3 Å². The number of rotatable bonds is 5. The van der Waals surface area contributed by atoms with Crippen LogP contribution in [0, 0.1) is 0 Å². The van der Waals surface area contributed by atoms with Gasteiger partial charge in [-0.1, -0.05) is 18.2 Å². The average Bonchev–Trinajstić information content (AvgIpc) is 3.31. The summed E-state index contributed by atoms with van der Waals surface area (Å²) in [5, 5.41) is 1.92. The van der Waals surface area contributed by atoms with Gasteiger partial charge in [-0.05, 0) is 29.1 Å². The van der Waals surface area contributed by atoms with Crippen molar-refractivity contribution in [3.05, 3.63) is 57.9 Å². The first-order chi connectivity index (χ1) is 13.2. The summed E-state index contributed by atoms with van der Waals surface area (Å²) in [5.74, 6) is 0.269. The second kappa shape index (κ2) is 7.54. The second-order valence-electron chi connectivity index (χ2n) is 6.34. The first kappa shape index (κ1) is 17.8. The van der Waals surface area contributed by atoms with E-state index >= 15 is 0 Å². The van der Waals surface area contributed by atoms with Crippen molar-refractivity contribution in [1.29, 1.82) is 0 Å². The second-order valence-corrected chi connectivity index (χ2v) is 7.29. The van der Waals surface area contributed by atoms with Crippen LogP contribution in [0.15, 0.2) is 47.5 Å². The van der Waals surface area contributed by atoms with Gasteiger partial charge in [0.1, 0.15) is 11.4 Å². The van der Waals surface area contributed by atoms with E-state index in [-0.39, 0.29) is 18.4 Å². The first-order valence-electron chi connectivity index (χ1n) is 8.79. The van der Waals surface area contributed by atoms with E-state index in [1.165, 1.54) is 16.2 Å². The lowest BCUT2D eigenvalue weighted by Gasteiger charge is -2.29. The Labute approximate surface area is 161 Å². The highest BCUT2D eigenvalue weighted by Crippen LogP contribution is 2.35. The summed E-state index contributed by atoms with van der Waals surface area (Å²) in [5.41, 5.74) is 1.89. The summed E-state index contributed by atoms with van der Waals surface area (Å²) in [6, 6.07) is 11.2. The number of benzene rings is 1. The van der Waals surface area contributed by atoms with Gasteiger partial charge < -0.3 is 14.4 Å². The Morgan fingerprint density at radius 3 is 2.44 bits per heavy atom. The smallest absolute Gasteiger partial charge is 0.278 e. The molecule has 0 bridgehead atoms. The van der Waals surface area contributed by atoms with Gasteiger partial charge in [-0.25, -0.2) is 0 Å². The molecule has 7 heteroatoms. The highest BCUT2D eigenvalue weighted by Gasteiger charge is 2.42. The standard InChI is InChI=1S/C20H20N2O4S/c1-25-15-6-4-14(5-7-15)13-22-19(23)17(16-3-2-12-27-16)18(20(22)24)21-8-10-26-11-9-21/h2-7,12H,8-11,13H2,1H3. The van der Waals surface area contributed by atoms with E-state index in [2.05, 4.69) is 0 Å². The van der Waals surface area contributed by atoms with Crippen molar-refractivity contribution in [2.24, 2.45) is 0 Å². The number of hydrogen-bond donors (Lipinski definition) is 0. The Balaban J connectivity index is 1.66. The number of methoxy groups -OCH3 is 1. The van der Waals surface area contributed by atoms with Gasteiger partial charge in [-0.2, -0.15) is 0 Å². The average molecular weight is 384 g/mol. The van der Waals surface area contributed by atoms with Crippen LogP contribution in [-0.4, -0.2) is 55.0 Å². The summed E-state index contributed by atoms with van der Waals surface area (Å²) >= 11 is 1.47. The predicted octanol–water partition coefficient (Wildman–Crippen LogP) is 2.37. The van der Waals surface area contributed by atoms with Gasteiger partial charge in [-0.3, -0.25) is 14.5 Å². The largest absolute Gasteiger partial charge is 0.497 e. The first-order valence-corrected chi connectivity index (χ1v) is 9.67. The van der Waals surface area contributed by atoms with Crippen LogP contribution in [0.5, 0.6) is 5.75 Å². The maximum Gasteiger partial charge on any atom is 0.278 e. The molecule has 27 heavy (non-hydrogen) atoms. The fourth-order valence-corrected chi connectivity index (χ4v) is 4.11. The molecule has 0 atom stereocenters. The number of amides is 2. The number of hydrogen-bond acceptors (Lipinski definition) is 6. The molecule has 1 saturated heterocycles. The van der Waals surface area contributed by atoms with Crippen LogP contribution in [0.1, 0.15) is 10.4 Å².